The van der Waals surface area contributed by atoms with Crippen molar-refractivity contribution in [1.29, 1.82) is 0 Å². The van der Waals surface area contributed by atoms with Gasteiger partial charge in [0.2, 0.25) is 0 Å². The number of phenolic OH excluding ortho intramolecular Hbond substituents is 1. The molecule has 1 aliphatic carbocycles. The quantitative estimate of drug-likeness (QED) is 0.165. The minimum Gasteiger partial charge on any atom is -0.508 e. The van der Waals surface area contributed by atoms with E-state index < -0.39 is 24.4 Å². The van der Waals surface area contributed by atoms with E-state index in [-0.39, 0.29) is 42.2 Å². The summed E-state index contributed by atoms with van der Waals surface area (Å²) in [4.78, 5) is 2.95. The molecular formula is C38H42FNO6S. The predicted octanol–water partition coefficient (Wildman–Crippen LogP) is 6.16. The summed E-state index contributed by atoms with van der Waals surface area (Å²) in [6, 6.07) is 21.5. The van der Waals surface area contributed by atoms with Gasteiger partial charge in [0.15, 0.2) is 0 Å². The zero-order chi connectivity index (χ0) is 33.1. The average molecular weight is 660 g/mol. The van der Waals surface area contributed by atoms with E-state index in [4.69, 9.17) is 17.0 Å². The summed E-state index contributed by atoms with van der Waals surface area (Å²) in [5, 5.41) is 52.2. The molecule has 6 rings (SSSR count). The SMILES string of the molecule is OC[C@H]1O[C@@H](C2C=CC(c3ccc([C@@H]4[C@@H](CCCC(O)c5ccc(F)cc5)CC(=S)N4c4ccccc4)c(O)c3)=CC2)C[C@@H](O)[C@@H]1O. The minimum absolute atomic E-state index is 0.0101. The van der Waals surface area contributed by atoms with Crippen molar-refractivity contribution in [2.24, 2.45) is 11.8 Å². The fraction of sp³-hybridized carbons (Fsp3) is 0.395. The van der Waals surface area contributed by atoms with Gasteiger partial charge in [-0.25, -0.2) is 4.39 Å². The Hall–Kier alpha value is -3.44. The number of halogens is 1. The monoisotopic (exact) mass is 659 g/mol. The lowest BCUT2D eigenvalue weighted by Gasteiger charge is -2.39. The van der Waals surface area contributed by atoms with Gasteiger partial charge >= 0.3 is 0 Å². The maximum atomic E-state index is 13.4. The number of allylic oxidation sites excluding steroid dienone is 3. The number of benzene rings is 3. The Morgan fingerprint density at radius 3 is 2.47 bits per heavy atom. The second-order valence-corrected chi connectivity index (χ2v) is 13.4. The van der Waals surface area contributed by atoms with Gasteiger partial charge in [0.25, 0.3) is 0 Å². The molecule has 0 saturated carbocycles. The number of hydrogen-bond acceptors (Lipinski definition) is 7. The molecule has 248 valence electrons. The van der Waals surface area contributed by atoms with E-state index in [0.29, 0.717) is 31.2 Å². The van der Waals surface area contributed by atoms with E-state index in [1.54, 1.807) is 18.2 Å². The smallest absolute Gasteiger partial charge is 0.123 e. The first-order valence-corrected chi connectivity index (χ1v) is 16.8. The summed E-state index contributed by atoms with van der Waals surface area (Å²) in [7, 11) is 0. The van der Waals surface area contributed by atoms with Crippen LogP contribution in [-0.2, 0) is 4.74 Å². The van der Waals surface area contributed by atoms with Gasteiger partial charge in [0.05, 0.1) is 35.9 Å². The van der Waals surface area contributed by atoms with Crippen molar-refractivity contribution in [3.63, 3.8) is 0 Å². The highest BCUT2D eigenvalue weighted by Crippen LogP contribution is 2.47. The number of phenols is 1. The van der Waals surface area contributed by atoms with Crippen molar-refractivity contribution in [2.75, 3.05) is 11.5 Å². The number of aliphatic hydroxyl groups excluding tert-OH is 4. The van der Waals surface area contributed by atoms with Crippen LogP contribution in [0.25, 0.3) is 5.57 Å². The van der Waals surface area contributed by atoms with Gasteiger partial charge in [-0.15, -0.1) is 0 Å². The molecule has 3 aromatic carbocycles. The first kappa shape index (κ1) is 33.5. The fourth-order valence-corrected chi connectivity index (χ4v) is 7.72. The summed E-state index contributed by atoms with van der Waals surface area (Å²) in [5.41, 5.74) is 4.29. The van der Waals surface area contributed by atoms with Crippen molar-refractivity contribution < 1.29 is 34.7 Å². The molecule has 3 aliphatic rings. The number of aromatic hydroxyl groups is 1. The van der Waals surface area contributed by atoms with E-state index in [0.717, 1.165) is 40.2 Å². The second kappa shape index (κ2) is 14.8. The molecule has 2 unspecified atom stereocenters. The van der Waals surface area contributed by atoms with E-state index in [1.807, 2.05) is 54.6 Å². The second-order valence-electron chi connectivity index (χ2n) is 12.9. The Morgan fingerprint density at radius 1 is 1.02 bits per heavy atom. The molecule has 3 aromatic rings. The number of aliphatic hydroxyl groups is 4. The molecule has 0 spiro atoms. The lowest BCUT2D eigenvalue weighted by molar-refractivity contribution is -0.187. The van der Waals surface area contributed by atoms with Crippen molar-refractivity contribution in [1.82, 2.24) is 0 Å². The summed E-state index contributed by atoms with van der Waals surface area (Å²) in [5.74, 6) is -0.0432. The maximum Gasteiger partial charge on any atom is 0.123 e. The van der Waals surface area contributed by atoms with E-state index in [2.05, 4.69) is 11.0 Å². The molecular weight excluding hydrogens is 617 g/mol. The zero-order valence-electron chi connectivity index (χ0n) is 26.1. The molecule has 0 aromatic heterocycles. The van der Waals surface area contributed by atoms with Gasteiger partial charge < -0.3 is 35.2 Å². The van der Waals surface area contributed by atoms with Gasteiger partial charge in [-0.2, -0.15) is 0 Å². The fourth-order valence-electron chi connectivity index (χ4n) is 7.28. The summed E-state index contributed by atoms with van der Waals surface area (Å²) in [6.45, 7) is -0.357. The highest BCUT2D eigenvalue weighted by Gasteiger charge is 2.41. The number of thiocarbonyl (C=S) groups is 1. The molecule has 47 heavy (non-hydrogen) atoms. The topological polar surface area (TPSA) is 114 Å². The van der Waals surface area contributed by atoms with E-state index in [9.17, 15) is 29.9 Å². The van der Waals surface area contributed by atoms with Crippen molar-refractivity contribution >= 4 is 28.5 Å². The summed E-state index contributed by atoms with van der Waals surface area (Å²) >= 11 is 5.92. The third-order valence-electron chi connectivity index (χ3n) is 9.84. The number of rotatable bonds is 10. The largest absolute Gasteiger partial charge is 0.508 e. The van der Waals surface area contributed by atoms with Crippen molar-refractivity contribution in [2.45, 2.75) is 75.1 Å². The van der Waals surface area contributed by atoms with Crippen molar-refractivity contribution in [3.8, 4) is 5.75 Å². The average Bonchev–Trinajstić information content (AvgIpc) is 3.41. The Bertz CT molecular complexity index is 1600. The number of anilines is 1. The van der Waals surface area contributed by atoms with Crippen LogP contribution in [0.5, 0.6) is 5.75 Å². The first-order valence-electron chi connectivity index (χ1n) is 16.4. The molecule has 0 amide bonds. The molecule has 5 N–H and O–H groups in total. The Labute approximate surface area is 280 Å². The minimum atomic E-state index is -1.10. The Balaban J connectivity index is 1.18. The van der Waals surface area contributed by atoms with Crippen LogP contribution in [0.2, 0.25) is 0 Å². The molecule has 2 saturated heterocycles. The van der Waals surface area contributed by atoms with Crippen LogP contribution < -0.4 is 4.90 Å². The third kappa shape index (κ3) is 7.36. The van der Waals surface area contributed by atoms with Crippen LogP contribution in [0, 0.1) is 17.7 Å². The van der Waals surface area contributed by atoms with Gasteiger partial charge in [0.1, 0.15) is 23.8 Å². The van der Waals surface area contributed by atoms with Crippen LogP contribution in [0.1, 0.15) is 67.4 Å². The van der Waals surface area contributed by atoms with Crippen LogP contribution in [0.4, 0.5) is 10.1 Å². The van der Waals surface area contributed by atoms with Gasteiger partial charge in [-0.3, -0.25) is 0 Å². The third-order valence-corrected chi connectivity index (χ3v) is 10.2. The lowest BCUT2D eigenvalue weighted by atomic mass is 9.84. The van der Waals surface area contributed by atoms with Crippen LogP contribution in [0.3, 0.4) is 0 Å². The normalized spacial score (nSPS) is 28.4. The van der Waals surface area contributed by atoms with Gasteiger partial charge in [0, 0.05) is 30.0 Å². The van der Waals surface area contributed by atoms with Crippen LogP contribution >= 0.6 is 12.2 Å². The standard InChI is InChI=1S/C38H42FNO6S/c39-28-16-13-24(14-17-28)31(42)8-4-5-27-20-36(47)40(29-6-2-1-3-7-29)37(27)30-18-15-26(19-32(30)43)23-9-11-25(12-10-23)34-21-33(44)38(45)35(22-41)46-34/h1-3,6-7,9-11,13-19,25,27,31,33-35,37-38,41-45H,4-5,8,12,20-22H2/t25?,27-,31?,33+,34+,35+,37-,38-/m0/s1. The predicted molar refractivity (Wildman–Crippen MR) is 183 cm³/mol. The number of para-hydroxylation sites is 1. The molecule has 2 heterocycles. The first-order chi connectivity index (χ1) is 22.7. The van der Waals surface area contributed by atoms with Crippen molar-refractivity contribution in [3.05, 3.63) is 114 Å². The molecule has 7 nitrogen and oxygen atoms in total. The zero-order valence-corrected chi connectivity index (χ0v) is 26.9. The molecule has 2 aliphatic heterocycles. The summed E-state index contributed by atoms with van der Waals surface area (Å²) in [6.07, 6.45) is 5.94. The number of ether oxygens (including phenoxy) is 1. The molecule has 0 radical (unpaired) electrons. The van der Waals surface area contributed by atoms with Gasteiger partial charge in [-0.1, -0.05) is 79.3 Å². The molecule has 8 atom stereocenters. The molecule has 9 heteroatoms. The molecule has 2 fully saturated rings. The van der Waals surface area contributed by atoms with Crippen LogP contribution in [-0.4, -0.2) is 61.5 Å². The highest BCUT2D eigenvalue weighted by atomic mass is 32.1. The Morgan fingerprint density at radius 2 is 1.79 bits per heavy atom. The maximum absolute atomic E-state index is 13.4. The summed E-state index contributed by atoms with van der Waals surface area (Å²) < 4.78 is 19.3. The Kier molecular flexibility index (Phi) is 10.5. The van der Waals surface area contributed by atoms with E-state index in [1.165, 1.54) is 12.1 Å². The number of hydrogen-bond donors (Lipinski definition) is 5. The lowest BCUT2D eigenvalue weighted by Crippen LogP contribution is -2.51. The van der Waals surface area contributed by atoms with E-state index >= 15 is 0 Å². The van der Waals surface area contributed by atoms with Crippen LogP contribution in [0.15, 0.2) is 91.0 Å². The highest BCUT2D eigenvalue weighted by molar-refractivity contribution is 7.80. The van der Waals surface area contributed by atoms with Gasteiger partial charge in [-0.05, 0) is 72.2 Å². The molecule has 0 bridgehead atoms. The number of nitrogens with zero attached hydrogens (tertiary/aromatic N) is 1.